The van der Waals surface area contributed by atoms with Crippen molar-refractivity contribution in [1.82, 2.24) is 0 Å². The molecule has 0 aliphatic rings. The molecule has 3 N–H and O–H groups in total. The third-order valence-electron chi connectivity index (χ3n) is 10.6. The van der Waals surface area contributed by atoms with Gasteiger partial charge in [-0.3, -0.25) is 13.8 Å². The highest BCUT2D eigenvalue weighted by Gasteiger charge is 2.26. The predicted molar refractivity (Wildman–Crippen MR) is 247 cm³/mol. The number of esters is 1. The monoisotopic (exact) mass is 857 g/mol. The van der Waals surface area contributed by atoms with Crippen LogP contribution in [0.15, 0.2) is 36.5 Å². The second-order valence-corrected chi connectivity index (χ2v) is 17.9. The Morgan fingerprint density at radius 3 is 1.46 bits per heavy atom. The van der Waals surface area contributed by atoms with E-state index < -0.39 is 33.2 Å². The van der Waals surface area contributed by atoms with E-state index in [0.717, 1.165) is 64.2 Å². The third kappa shape index (κ3) is 46.0. The maximum Gasteiger partial charge on any atom is 0.472 e. The summed E-state index contributed by atoms with van der Waals surface area (Å²) in [5.74, 6) is -0.389. The van der Waals surface area contributed by atoms with Crippen LogP contribution >= 0.6 is 7.82 Å². The highest BCUT2D eigenvalue weighted by atomic mass is 31.2. The summed E-state index contributed by atoms with van der Waals surface area (Å²) in [6, 6.07) is 0. The molecule has 0 aliphatic heterocycles. The van der Waals surface area contributed by atoms with E-state index in [1.807, 2.05) is 0 Å². The van der Waals surface area contributed by atoms with Gasteiger partial charge in [0.05, 0.1) is 26.4 Å². The summed E-state index contributed by atoms with van der Waals surface area (Å²) >= 11 is 0. The van der Waals surface area contributed by atoms with Crippen LogP contribution < -0.4 is 0 Å². The maximum absolute atomic E-state index is 12.7. The van der Waals surface area contributed by atoms with Crippen LogP contribution in [0.1, 0.15) is 226 Å². The zero-order valence-electron chi connectivity index (χ0n) is 38.2. The Bertz CT molecular complexity index is 1020. The molecule has 3 unspecified atom stereocenters. The lowest BCUT2D eigenvalue weighted by Gasteiger charge is -2.20. The van der Waals surface area contributed by atoms with Crippen molar-refractivity contribution in [3.05, 3.63) is 36.5 Å². The predicted octanol–water partition coefficient (Wildman–Crippen LogP) is 14.0. The highest BCUT2D eigenvalue weighted by Crippen LogP contribution is 2.43. The van der Waals surface area contributed by atoms with E-state index in [1.165, 1.54) is 141 Å². The van der Waals surface area contributed by atoms with Crippen LogP contribution in [0, 0.1) is 0 Å². The van der Waals surface area contributed by atoms with Gasteiger partial charge in [-0.2, -0.15) is 0 Å². The molecule has 0 rings (SSSR count). The number of ether oxygens (including phenoxy) is 2. The topological polar surface area (TPSA) is 132 Å². The molecule has 0 aromatic heterocycles. The van der Waals surface area contributed by atoms with Crippen LogP contribution in [0.2, 0.25) is 0 Å². The third-order valence-corrected chi connectivity index (χ3v) is 11.5. The number of allylic oxidation sites excluding steroid dienone is 6. The lowest BCUT2D eigenvalue weighted by molar-refractivity contribution is -0.154. The van der Waals surface area contributed by atoms with Crippen molar-refractivity contribution in [2.45, 2.75) is 238 Å². The Morgan fingerprint density at radius 1 is 0.542 bits per heavy atom. The molecule has 3 atom stereocenters. The fourth-order valence-corrected chi connectivity index (χ4v) is 7.69. The van der Waals surface area contributed by atoms with E-state index in [2.05, 4.69) is 50.3 Å². The summed E-state index contributed by atoms with van der Waals surface area (Å²) in [6.07, 6.45) is 51.1. The molecule has 0 bridgehead atoms. The number of unbranched alkanes of at least 4 members (excludes halogenated alkanes) is 27. The molecular weight excluding hydrogens is 764 g/mol. The molecule has 59 heavy (non-hydrogen) atoms. The minimum absolute atomic E-state index is 0.0483. The summed E-state index contributed by atoms with van der Waals surface area (Å²) in [6.45, 7) is 3.44. The molecular formula is C49H93O9P. The minimum Gasteiger partial charge on any atom is -0.457 e. The zero-order chi connectivity index (χ0) is 43.2. The van der Waals surface area contributed by atoms with Crippen LogP contribution in [-0.4, -0.2) is 66.3 Å². The van der Waals surface area contributed by atoms with Crippen LogP contribution in [0.25, 0.3) is 0 Å². The highest BCUT2D eigenvalue weighted by molar-refractivity contribution is 7.47. The van der Waals surface area contributed by atoms with Gasteiger partial charge in [-0.1, -0.05) is 211 Å². The van der Waals surface area contributed by atoms with Gasteiger partial charge in [-0.25, -0.2) is 4.57 Å². The largest absolute Gasteiger partial charge is 0.472 e. The van der Waals surface area contributed by atoms with Gasteiger partial charge in [0, 0.05) is 13.0 Å². The summed E-state index contributed by atoms with van der Waals surface area (Å²) in [5.41, 5.74) is 0. The first-order valence-electron chi connectivity index (χ1n) is 24.5. The van der Waals surface area contributed by atoms with E-state index in [0.29, 0.717) is 6.61 Å². The summed E-state index contributed by atoms with van der Waals surface area (Å²) in [5, 5.41) is 18.4. The molecule has 0 aromatic rings. The van der Waals surface area contributed by atoms with Crippen molar-refractivity contribution in [1.29, 1.82) is 0 Å². The Balaban J connectivity index is 4.07. The van der Waals surface area contributed by atoms with Gasteiger partial charge in [-0.15, -0.1) is 0 Å². The van der Waals surface area contributed by atoms with Crippen LogP contribution in [0.5, 0.6) is 0 Å². The maximum atomic E-state index is 12.7. The molecule has 0 radical (unpaired) electrons. The zero-order valence-corrected chi connectivity index (χ0v) is 39.1. The van der Waals surface area contributed by atoms with Crippen molar-refractivity contribution in [2.24, 2.45) is 0 Å². The molecule has 0 aromatic carbocycles. The van der Waals surface area contributed by atoms with Gasteiger partial charge >= 0.3 is 13.8 Å². The van der Waals surface area contributed by atoms with Gasteiger partial charge in [0.15, 0.2) is 0 Å². The van der Waals surface area contributed by atoms with Crippen molar-refractivity contribution in [3.8, 4) is 0 Å². The molecule has 0 spiro atoms. The van der Waals surface area contributed by atoms with Crippen molar-refractivity contribution in [2.75, 3.05) is 33.0 Å². The lowest BCUT2D eigenvalue weighted by Crippen LogP contribution is -2.29. The number of carbonyl (C=O) groups excluding carboxylic acids is 1. The Kier molecular flexibility index (Phi) is 45.2. The van der Waals surface area contributed by atoms with E-state index in [4.69, 9.17) is 23.6 Å². The van der Waals surface area contributed by atoms with E-state index in [-0.39, 0.29) is 25.6 Å². The first-order valence-corrected chi connectivity index (χ1v) is 26.0. The van der Waals surface area contributed by atoms with Crippen molar-refractivity contribution < 1.29 is 43.0 Å². The normalized spacial score (nSPS) is 14.2. The average molecular weight is 857 g/mol. The van der Waals surface area contributed by atoms with Crippen LogP contribution in [0.4, 0.5) is 0 Å². The van der Waals surface area contributed by atoms with Crippen molar-refractivity contribution >= 4 is 13.8 Å². The molecule has 9 nitrogen and oxygen atoms in total. The number of hydrogen-bond acceptors (Lipinski definition) is 8. The van der Waals surface area contributed by atoms with Gasteiger partial charge in [0.1, 0.15) is 12.2 Å². The Morgan fingerprint density at radius 2 is 0.966 bits per heavy atom. The van der Waals surface area contributed by atoms with Crippen LogP contribution in [-0.2, 0) is 27.9 Å². The second kappa shape index (κ2) is 46.2. The van der Waals surface area contributed by atoms with E-state index in [9.17, 15) is 19.4 Å². The molecule has 0 saturated heterocycles. The fraction of sp³-hybridized carbons (Fsp3) is 0.857. The van der Waals surface area contributed by atoms with Gasteiger partial charge in [0.2, 0.25) is 0 Å². The SMILES string of the molecule is CC/C=C\C/C=C\C/C=C\CCCCCCCCCC(=O)OC(COCCCCCCCCCCCCCCCCCCCCCCC)COP(=O)(O)OCC(O)CO. The summed E-state index contributed by atoms with van der Waals surface area (Å²) < 4.78 is 33.5. The summed E-state index contributed by atoms with van der Waals surface area (Å²) in [7, 11) is -4.52. The number of hydrogen-bond donors (Lipinski definition) is 3. The first-order chi connectivity index (χ1) is 28.8. The number of rotatable bonds is 47. The number of carbonyl (C=O) groups is 1. The second-order valence-electron chi connectivity index (χ2n) is 16.5. The van der Waals surface area contributed by atoms with E-state index in [1.54, 1.807) is 0 Å². The van der Waals surface area contributed by atoms with Crippen LogP contribution in [0.3, 0.4) is 0 Å². The molecule has 0 fully saturated rings. The Labute approximate surface area is 363 Å². The van der Waals surface area contributed by atoms with E-state index >= 15 is 0 Å². The quantitative estimate of drug-likeness (QED) is 0.0237. The van der Waals surface area contributed by atoms with Crippen molar-refractivity contribution in [3.63, 3.8) is 0 Å². The van der Waals surface area contributed by atoms with Gasteiger partial charge < -0.3 is 24.6 Å². The number of phosphoric ester groups is 1. The molecule has 0 heterocycles. The number of aliphatic hydroxyl groups excluding tert-OH is 2. The number of aliphatic hydroxyl groups is 2. The van der Waals surface area contributed by atoms with Gasteiger partial charge in [-0.05, 0) is 44.9 Å². The molecule has 0 aliphatic carbocycles. The average Bonchev–Trinajstić information content (AvgIpc) is 3.23. The summed E-state index contributed by atoms with van der Waals surface area (Å²) in [4.78, 5) is 22.6. The standard InChI is InChI=1S/C49H93O9P/c1-3-5-7-9-11-13-15-17-19-21-22-23-24-26-28-30-32-34-36-38-40-42-55-45-48(46-57-59(53,54)56-44-47(51)43-50)58-49(52)41-39-37-35-33-31-29-27-25-20-18-16-14-12-10-8-6-4-2/h6,8,12,14,18,20,47-48,50-51H,3-5,7,9-11,13,15-17,19,21-46H2,1-2H3,(H,53,54)/b8-6-,14-12-,20-18-. The fourth-order valence-electron chi connectivity index (χ4n) is 6.90. The molecule has 348 valence electrons. The number of phosphoric acid groups is 1. The van der Waals surface area contributed by atoms with Gasteiger partial charge in [0.25, 0.3) is 0 Å². The first kappa shape index (κ1) is 57.7. The molecule has 0 saturated carbocycles. The minimum atomic E-state index is -4.52. The molecule has 0 amide bonds. The molecule has 10 heteroatoms. The lowest BCUT2D eigenvalue weighted by atomic mass is 10.0. The smallest absolute Gasteiger partial charge is 0.457 e. The Hall–Kier alpha value is -1.32.